The molecule has 0 aliphatic heterocycles. The summed E-state index contributed by atoms with van der Waals surface area (Å²) in [7, 11) is 0. The standard InChI is InChI=1S/C13H24O4/c1-3-16-7-6-13(15)17-9-11-8-12(14)5-4-10(11)2/h10-12,14H,3-9H2,1-2H3. The molecule has 1 aliphatic rings. The number of hydrogen-bond acceptors (Lipinski definition) is 4. The van der Waals surface area contributed by atoms with Gasteiger partial charge in [0.15, 0.2) is 0 Å². The molecule has 1 fully saturated rings. The highest BCUT2D eigenvalue weighted by Gasteiger charge is 2.27. The molecule has 0 aromatic heterocycles. The van der Waals surface area contributed by atoms with Gasteiger partial charge in [0.05, 0.1) is 25.7 Å². The average Bonchev–Trinajstić information content (AvgIpc) is 2.31. The van der Waals surface area contributed by atoms with Crippen LogP contribution in [0.15, 0.2) is 0 Å². The summed E-state index contributed by atoms with van der Waals surface area (Å²) < 4.78 is 10.3. The van der Waals surface area contributed by atoms with Gasteiger partial charge in [-0.1, -0.05) is 6.92 Å². The highest BCUT2D eigenvalue weighted by molar-refractivity contribution is 5.69. The molecule has 3 atom stereocenters. The normalized spacial score (nSPS) is 29.0. The average molecular weight is 244 g/mol. The molecule has 0 heterocycles. The van der Waals surface area contributed by atoms with E-state index in [9.17, 15) is 9.90 Å². The van der Waals surface area contributed by atoms with Crippen LogP contribution in [-0.4, -0.2) is 37.0 Å². The summed E-state index contributed by atoms with van der Waals surface area (Å²) in [5.74, 6) is 0.624. The molecule has 17 heavy (non-hydrogen) atoms. The predicted molar refractivity (Wildman–Crippen MR) is 64.6 cm³/mol. The van der Waals surface area contributed by atoms with Crippen LogP contribution in [0.4, 0.5) is 0 Å². The molecule has 0 amide bonds. The molecule has 0 radical (unpaired) electrons. The second-order valence-corrected chi connectivity index (χ2v) is 4.83. The van der Waals surface area contributed by atoms with Crippen molar-refractivity contribution >= 4 is 5.97 Å². The first-order valence-corrected chi connectivity index (χ1v) is 6.55. The van der Waals surface area contributed by atoms with E-state index in [-0.39, 0.29) is 12.1 Å². The molecular weight excluding hydrogens is 220 g/mol. The Morgan fingerprint density at radius 2 is 2.18 bits per heavy atom. The van der Waals surface area contributed by atoms with Crippen LogP contribution in [0.2, 0.25) is 0 Å². The molecule has 3 unspecified atom stereocenters. The minimum atomic E-state index is -0.224. The quantitative estimate of drug-likeness (QED) is 0.571. The molecule has 100 valence electrons. The molecule has 1 saturated carbocycles. The van der Waals surface area contributed by atoms with Crippen LogP contribution in [0.5, 0.6) is 0 Å². The van der Waals surface area contributed by atoms with Crippen LogP contribution in [0.3, 0.4) is 0 Å². The van der Waals surface area contributed by atoms with Gasteiger partial charge in [0, 0.05) is 6.61 Å². The zero-order valence-electron chi connectivity index (χ0n) is 10.9. The summed E-state index contributed by atoms with van der Waals surface area (Å²) in [5.41, 5.74) is 0. The molecule has 0 aromatic rings. The van der Waals surface area contributed by atoms with Crippen molar-refractivity contribution in [3.05, 3.63) is 0 Å². The maximum Gasteiger partial charge on any atom is 0.308 e. The summed E-state index contributed by atoms with van der Waals surface area (Å²) in [4.78, 5) is 11.4. The Morgan fingerprint density at radius 3 is 2.88 bits per heavy atom. The molecule has 0 bridgehead atoms. The highest BCUT2D eigenvalue weighted by atomic mass is 16.5. The van der Waals surface area contributed by atoms with Crippen molar-refractivity contribution in [1.29, 1.82) is 0 Å². The van der Waals surface area contributed by atoms with Crippen LogP contribution in [-0.2, 0) is 14.3 Å². The monoisotopic (exact) mass is 244 g/mol. The number of ether oxygens (including phenoxy) is 2. The summed E-state index contributed by atoms with van der Waals surface area (Å²) >= 11 is 0. The van der Waals surface area contributed by atoms with Crippen LogP contribution >= 0.6 is 0 Å². The fraction of sp³-hybridized carbons (Fsp3) is 0.923. The van der Waals surface area contributed by atoms with Gasteiger partial charge in [0.2, 0.25) is 0 Å². The number of carbonyl (C=O) groups excluding carboxylic acids is 1. The molecule has 1 N–H and O–H groups in total. The van der Waals surface area contributed by atoms with Gasteiger partial charge in [-0.25, -0.2) is 0 Å². The molecule has 4 heteroatoms. The molecule has 0 aromatic carbocycles. The number of aliphatic hydroxyl groups is 1. The van der Waals surface area contributed by atoms with Gasteiger partial charge in [0.25, 0.3) is 0 Å². The van der Waals surface area contributed by atoms with Crippen molar-refractivity contribution in [2.75, 3.05) is 19.8 Å². The van der Waals surface area contributed by atoms with E-state index >= 15 is 0 Å². The van der Waals surface area contributed by atoms with E-state index in [1.807, 2.05) is 6.92 Å². The lowest BCUT2D eigenvalue weighted by Gasteiger charge is -2.31. The van der Waals surface area contributed by atoms with Crippen molar-refractivity contribution < 1.29 is 19.4 Å². The molecule has 0 saturated heterocycles. The topological polar surface area (TPSA) is 55.8 Å². The number of aliphatic hydroxyl groups excluding tert-OH is 1. The lowest BCUT2D eigenvalue weighted by atomic mass is 9.79. The van der Waals surface area contributed by atoms with E-state index in [0.717, 1.165) is 19.3 Å². The minimum Gasteiger partial charge on any atom is -0.465 e. The lowest BCUT2D eigenvalue weighted by molar-refractivity contribution is -0.147. The van der Waals surface area contributed by atoms with E-state index in [1.54, 1.807) is 0 Å². The van der Waals surface area contributed by atoms with Crippen molar-refractivity contribution in [2.24, 2.45) is 11.8 Å². The third kappa shape index (κ3) is 5.50. The number of carbonyl (C=O) groups is 1. The van der Waals surface area contributed by atoms with Crippen molar-refractivity contribution in [1.82, 2.24) is 0 Å². The fourth-order valence-corrected chi connectivity index (χ4v) is 2.19. The Balaban J connectivity index is 2.17. The first-order chi connectivity index (χ1) is 8.13. The zero-order valence-corrected chi connectivity index (χ0v) is 10.9. The SMILES string of the molecule is CCOCCC(=O)OCC1CC(O)CCC1C. The van der Waals surface area contributed by atoms with Gasteiger partial charge in [-0.05, 0) is 38.0 Å². The molecule has 4 nitrogen and oxygen atoms in total. The first kappa shape index (κ1) is 14.5. The van der Waals surface area contributed by atoms with E-state index in [0.29, 0.717) is 38.1 Å². The van der Waals surface area contributed by atoms with Crippen molar-refractivity contribution in [3.63, 3.8) is 0 Å². The first-order valence-electron chi connectivity index (χ1n) is 6.55. The zero-order chi connectivity index (χ0) is 12.7. The van der Waals surface area contributed by atoms with E-state index in [2.05, 4.69) is 6.92 Å². The van der Waals surface area contributed by atoms with Gasteiger partial charge in [-0.2, -0.15) is 0 Å². The lowest BCUT2D eigenvalue weighted by Crippen LogP contribution is -2.30. The maximum atomic E-state index is 11.4. The Labute approximate surface area is 103 Å². The second-order valence-electron chi connectivity index (χ2n) is 4.83. The van der Waals surface area contributed by atoms with Crippen molar-refractivity contribution in [3.8, 4) is 0 Å². The smallest absolute Gasteiger partial charge is 0.308 e. The molecule has 1 aliphatic carbocycles. The number of esters is 1. The Morgan fingerprint density at radius 1 is 1.41 bits per heavy atom. The van der Waals surface area contributed by atoms with Crippen molar-refractivity contribution in [2.45, 2.75) is 45.6 Å². The number of rotatable bonds is 6. The van der Waals surface area contributed by atoms with Crippen LogP contribution in [0.25, 0.3) is 0 Å². The molecular formula is C13H24O4. The molecule has 0 spiro atoms. The Kier molecular flexibility index (Phi) is 6.52. The van der Waals surface area contributed by atoms with E-state index < -0.39 is 0 Å². The van der Waals surface area contributed by atoms with Gasteiger partial charge in [0.1, 0.15) is 0 Å². The minimum absolute atomic E-state index is 0.203. The number of hydrogen-bond donors (Lipinski definition) is 1. The molecule has 1 rings (SSSR count). The second kappa shape index (κ2) is 7.67. The summed E-state index contributed by atoms with van der Waals surface area (Å²) in [5, 5.41) is 9.58. The third-order valence-corrected chi connectivity index (χ3v) is 3.45. The predicted octanol–water partition coefficient (Wildman–Crippen LogP) is 1.75. The highest BCUT2D eigenvalue weighted by Crippen LogP contribution is 2.30. The van der Waals surface area contributed by atoms with Gasteiger partial charge < -0.3 is 14.6 Å². The van der Waals surface area contributed by atoms with E-state index in [1.165, 1.54) is 0 Å². The third-order valence-electron chi connectivity index (χ3n) is 3.45. The Hall–Kier alpha value is -0.610. The summed E-state index contributed by atoms with van der Waals surface area (Å²) in [6.07, 6.45) is 2.73. The largest absolute Gasteiger partial charge is 0.465 e. The van der Waals surface area contributed by atoms with Gasteiger partial charge in [-0.3, -0.25) is 4.79 Å². The van der Waals surface area contributed by atoms with Crippen LogP contribution in [0.1, 0.15) is 39.5 Å². The summed E-state index contributed by atoms with van der Waals surface area (Å²) in [6, 6.07) is 0. The Bertz CT molecular complexity index is 229. The van der Waals surface area contributed by atoms with Gasteiger partial charge >= 0.3 is 5.97 Å². The maximum absolute atomic E-state index is 11.4. The fourth-order valence-electron chi connectivity index (χ4n) is 2.19. The van der Waals surface area contributed by atoms with Crippen LogP contribution < -0.4 is 0 Å². The van der Waals surface area contributed by atoms with E-state index in [4.69, 9.17) is 9.47 Å². The van der Waals surface area contributed by atoms with Gasteiger partial charge in [-0.15, -0.1) is 0 Å². The van der Waals surface area contributed by atoms with Crippen LogP contribution in [0, 0.1) is 11.8 Å². The summed E-state index contributed by atoms with van der Waals surface area (Å²) in [6.45, 7) is 5.54.